The molecule has 0 bridgehead atoms. The van der Waals surface area contributed by atoms with Crippen LogP contribution in [0.15, 0.2) is 79.3 Å². The van der Waals surface area contributed by atoms with Gasteiger partial charge in [-0.3, -0.25) is 14.8 Å². The van der Waals surface area contributed by atoms with E-state index in [0.29, 0.717) is 28.3 Å². The van der Waals surface area contributed by atoms with E-state index in [4.69, 9.17) is 4.74 Å². The van der Waals surface area contributed by atoms with Gasteiger partial charge in [-0.05, 0) is 67.1 Å². The number of hydrogen-bond donors (Lipinski definition) is 2. The van der Waals surface area contributed by atoms with Gasteiger partial charge in [-0.25, -0.2) is 9.97 Å². The highest BCUT2D eigenvalue weighted by Gasteiger charge is 2.30. The van der Waals surface area contributed by atoms with Crippen molar-refractivity contribution in [2.75, 3.05) is 17.3 Å². The van der Waals surface area contributed by atoms with Gasteiger partial charge in [0.2, 0.25) is 0 Å². The van der Waals surface area contributed by atoms with Crippen molar-refractivity contribution in [1.82, 2.24) is 20.2 Å². The quantitative estimate of drug-likeness (QED) is 0.270. The molecule has 0 unspecified atom stereocenters. The number of alkyl halides is 3. The predicted molar refractivity (Wildman–Crippen MR) is 137 cm³/mol. The number of benzene rings is 3. The van der Waals surface area contributed by atoms with Gasteiger partial charge < -0.3 is 10.1 Å². The van der Waals surface area contributed by atoms with Crippen LogP contribution in [-0.4, -0.2) is 33.2 Å². The first-order valence-corrected chi connectivity index (χ1v) is 11.4. The van der Waals surface area contributed by atoms with Crippen molar-refractivity contribution in [3.8, 4) is 5.75 Å². The number of aromatic amines is 1. The molecule has 0 aliphatic carbocycles. The second-order valence-electron chi connectivity index (χ2n) is 8.40. The van der Waals surface area contributed by atoms with Crippen LogP contribution in [-0.2, 0) is 6.18 Å². The molecule has 5 aromatic rings. The summed E-state index contributed by atoms with van der Waals surface area (Å²) in [6.45, 7) is 1.88. The molecule has 8 nitrogen and oxygen atoms in total. The summed E-state index contributed by atoms with van der Waals surface area (Å²) in [6.07, 6.45) is -1.50. The molecule has 11 heteroatoms. The van der Waals surface area contributed by atoms with Gasteiger partial charge in [0.15, 0.2) is 11.5 Å². The number of carbonyl (C=O) groups excluding carboxylic acids is 1. The number of aromatic nitrogens is 4. The number of nitrogens with one attached hydrogen (secondary N) is 2. The summed E-state index contributed by atoms with van der Waals surface area (Å²) in [4.78, 5) is 23.7. The fourth-order valence-electron chi connectivity index (χ4n) is 4.01. The minimum atomic E-state index is -4.52. The van der Waals surface area contributed by atoms with Crippen molar-refractivity contribution in [3.63, 3.8) is 0 Å². The van der Waals surface area contributed by atoms with Crippen molar-refractivity contribution in [3.05, 3.63) is 95.9 Å². The molecule has 38 heavy (non-hydrogen) atoms. The number of H-pyrrole nitrogens is 1. The Kier molecular flexibility index (Phi) is 6.41. The number of halogens is 3. The van der Waals surface area contributed by atoms with Crippen molar-refractivity contribution in [2.24, 2.45) is 0 Å². The monoisotopic (exact) mass is 518 g/mol. The Labute approximate surface area is 215 Å². The maximum atomic E-state index is 13.1. The molecule has 2 aromatic heterocycles. The third-order valence-electron chi connectivity index (χ3n) is 5.93. The average Bonchev–Trinajstić information content (AvgIpc) is 3.40. The standard InChI is InChI=1S/C27H21F3N6O2/c1-16-6-7-17(26(37)34-19-5-3-4-18(13-19)27(28,29)30)12-23(16)36(20-8-10-21(38-2)11-9-20)25-22-14-33-35-24(22)31-15-32-25/h3-15H,1-2H3,(H,34,37)(H,31,32,33,35). The molecular weight excluding hydrogens is 497 g/mol. The summed E-state index contributed by atoms with van der Waals surface area (Å²) in [7, 11) is 1.57. The normalized spacial score (nSPS) is 11.4. The first-order chi connectivity index (χ1) is 18.2. The fraction of sp³-hybridized carbons (Fsp3) is 0.111. The SMILES string of the molecule is COc1ccc(N(c2cc(C(=O)Nc3cccc(C(F)(F)F)c3)ccc2C)c2ncnc3[nH]ncc23)cc1. The number of aryl methyl sites for hydroxylation is 1. The fourth-order valence-corrected chi connectivity index (χ4v) is 4.01. The van der Waals surface area contributed by atoms with Crippen LogP contribution in [0.25, 0.3) is 11.0 Å². The van der Waals surface area contributed by atoms with Crippen LogP contribution in [0.1, 0.15) is 21.5 Å². The number of nitrogens with zero attached hydrogens (tertiary/aromatic N) is 4. The molecule has 0 aliphatic rings. The van der Waals surface area contributed by atoms with E-state index in [2.05, 4.69) is 25.5 Å². The zero-order valence-corrected chi connectivity index (χ0v) is 20.2. The van der Waals surface area contributed by atoms with E-state index >= 15 is 0 Å². The van der Waals surface area contributed by atoms with Gasteiger partial charge in [0.05, 0.1) is 29.9 Å². The van der Waals surface area contributed by atoms with Crippen LogP contribution < -0.4 is 15.0 Å². The van der Waals surface area contributed by atoms with E-state index < -0.39 is 17.6 Å². The molecule has 0 saturated heterocycles. The maximum absolute atomic E-state index is 13.1. The molecule has 192 valence electrons. The summed E-state index contributed by atoms with van der Waals surface area (Å²) in [5.41, 5.74) is 2.15. The first kappa shape index (κ1) is 24.8. The summed E-state index contributed by atoms with van der Waals surface area (Å²) < 4.78 is 44.7. The Morgan fingerprint density at radius 1 is 1.03 bits per heavy atom. The highest BCUT2D eigenvalue weighted by atomic mass is 19.4. The summed E-state index contributed by atoms with van der Waals surface area (Å²) in [5.74, 6) is 0.625. The molecule has 3 aromatic carbocycles. The first-order valence-electron chi connectivity index (χ1n) is 11.4. The third kappa shape index (κ3) is 4.85. The van der Waals surface area contributed by atoms with Crippen molar-refractivity contribution >= 4 is 39.8 Å². The largest absolute Gasteiger partial charge is 0.497 e. The van der Waals surface area contributed by atoms with E-state index in [1.54, 1.807) is 43.6 Å². The second kappa shape index (κ2) is 9.85. The number of carbonyl (C=O) groups is 1. The number of methoxy groups -OCH3 is 1. The molecule has 2 heterocycles. The topological polar surface area (TPSA) is 96.0 Å². The van der Waals surface area contributed by atoms with Crippen molar-refractivity contribution < 1.29 is 22.7 Å². The van der Waals surface area contributed by atoms with Gasteiger partial charge >= 0.3 is 6.18 Å². The molecule has 2 N–H and O–H groups in total. The Morgan fingerprint density at radius 3 is 2.55 bits per heavy atom. The minimum absolute atomic E-state index is 0.0369. The number of amides is 1. The molecule has 0 saturated carbocycles. The van der Waals surface area contributed by atoms with Crippen LogP contribution in [0.2, 0.25) is 0 Å². The van der Waals surface area contributed by atoms with E-state index in [-0.39, 0.29) is 11.3 Å². The van der Waals surface area contributed by atoms with Gasteiger partial charge in [-0.2, -0.15) is 18.3 Å². The Balaban J connectivity index is 1.58. The number of ether oxygens (including phenoxy) is 1. The van der Waals surface area contributed by atoms with Crippen molar-refractivity contribution in [1.29, 1.82) is 0 Å². The molecule has 1 amide bonds. The highest BCUT2D eigenvalue weighted by Crippen LogP contribution is 2.39. The van der Waals surface area contributed by atoms with Gasteiger partial charge in [0.25, 0.3) is 5.91 Å². The van der Waals surface area contributed by atoms with Gasteiger partial charge in [0, 0.05) is 16.9 Å². The predicted octanol–water partition coefficient (Wildman–Crippen LogP) is 6.41. The van der Waals surface area contributed by atoms with Gasteiger partial charge in [0.1, 0.15) is 12.1 Å². The highest BCUT2D eigenvalue weighted by molar-refractivity contribution is 6.05. The van der Waals surface area contributed by atoms with Crippen LogP contribution in [0, 0.1) is 6.92 Å². The number of hydrogen-bond acceptors (Lipinski definition) is 6. The smallest absolute Gasteiger partial charge is 0.416 e. The lowest BCUT2D eigenvalue weighted by Gasteiger charge is -2.26. The second-order valence-corrected chi connectivity index (χ2v) is 8.40. The minimum Gasteiger partial charge on any atom is -0.497 e. The molecule has 0 fully saturated rings. The van der Waals surface area contributed by atoms with Crippen LogP contribution in [0.4, 0.5) is 36.1 Å². The summed E-state index contributed by atoms with van der Waals surface area (Å²) in [5, 5.41) is 10.1. The Morgan fingerprint density at radius 2 is 1.82 bits per heavy atom. The molecule has 0 radical (unpaired) electrons. The molecular formula is C27H21F3N6O2. The Bertz CT molecular complexity index is 1620. The van der Waals surface area contributed by atoms with Gasteiger partial charge in [-0.1, -0.05) is 12.1 Å². The number of anilines is 4. The lowest BCUT2D eigenvalue weighted by atomic mass is 10.1. The zero-order valence-electron chi connectivity index (χ0n) is 20.2. The van der Waals surface area contributed by atoms with Crippen LogP contribution in [0.3, 0.4) is 0 Å². The maximum Gasteiger partial charge on any atom is 0.416 e. The van der Waals surface area contributed by atoms with Crippen LogP contribution >= 0.6 is 0 Å². The van der Waals surface area contributed by atoms with E-state index in [1.165, 1.54) is 18.5 Å². The number of rotatable bonds is 6. The van der Waals surface area contributed by atoms with Gasteiger partial charge in [-0.15, -0.1) is 0 Å². The van der Waals surface area contributed by atoms with E-state index in [1.807, 2.05) is 24.0 Å². The lowest BCUT2D eigenvalue weighted by molar-refractivity contribution is -0.137. The average molecular weight is 518 g/mol. The molecule has 5 rings (SSSR count). The molecule has 0 spiro atoms. The third-order valence-corrected chi connectivity index (χ3v) is 5.93. The summed E-state index contributed by atoms with van der Waals surface area (Å²) >= 11 is 0. The van der Waals surface area contributed by atoms with E-state index in [0.717, 1.165) is 23.4 Å². The lowest BCUT2D eigenvalue weighted by Crippen LogP contribution is -2.17. The van der Waals surface area contributed by atoms with Crippen LogP contribution in [0.5, 0.6) is 5.75 Å². The van der Waals surface area contributed by atoms with Crippen molar-refractivity contribution in [2.45, 2.75) is 13.1 Å². The Hall–Kier alpha value is -4.93. The zero-order chi connectivity index (χ0) is 26.9. The summed E-state index contributed by atoms with van der Waals surface area (Å²) in [6, 6.07) is 16.8. The van der Waals surface area contributed by atoms with E-state index in [9.17, 15) is 18.0 Å². The number of fused-ring (bicyclic) bond motifs is 1. The molecule has 0 atom stereocenters. The molecule has 0 aliphatic heterocycles.